The van der Waals surface area contributed by atoms with Crippen molar-refractivity contribution in [2.75, 3.05) is 0 Å². The molecule has 0 heteroatoms. The topological polar surface area (TPSA) is 0 Å². The fourth-order valence-electron chi connectivity index (χ4n) is 1.74. The quantitative estimate of drug-likeness (QED) is 0.428. The lowest BCUT2D eigenvalue weighted by atomic mass is 10.0. The Bertz CT molecular complexity index is 495. The van der Waals surface area contributed by atoms with Gasteiger partial charge in [0.2, 0.25) is 0 Å². The molecule has 0 heterocycles. The lowest BCUT2D eigenvalue weighted by Gasteiger charge is -2.03. The summed E-state index contributed by atoms with van der Waals surface area (Å²) in [7, 11) is 0. The molecule has 1 aromatic rings. The molecule has 174 valence electrons. The van der Waals surface area contributed by atoms with Crippen LogP contribution in [0, 0.1) is 18.8 Å². The summed E-state index contributed by atoms with van der Waals surface area (Å²) < 4.78 is 0. The second-order valence-electron chi connectivity index (χ2n) is 8.71. The molecule has 0 saturated carbocycles. The van der Waals surface area contributed by atoms with E-state index in [0.29, 0.717) is 5.92 Å². The summed E-state index contributed by atoms with van der Waals surface area (Å²) in [5.74, 6) is 2.32. The first-order chi connectivity index (χ1) is 13.2. The van der Waals surface area contributed by atoms with Crippen LogP contribution in [0.4, 0.5) is 0 Å². The fraction of sp³-hybridized carbons (Fsp3) is 0.533. The Balaban J connectivity index is -0.000000147. The van der Waals surface area contributed by atoms with Crippen LogP contribution >= 0.6 is 0 Å². The minimum absolute atomic E-state index is 0. The maximum Gasteiger partial charge on any atom is -0.0163 e. The van der Waals surface area contributed by atoms with Crippen molar-refractivity contribution in [2.45, 2.75) is 95.9 Å². The molecule has 0 bridgehead atoms. The third-order valence-electron chi connectivity index (χ3n) is 3.05. The van der Waals surface area contributed by atoms with Crippen LogP contribution in [0.1, 0.15) is 100 Å². The molecule has 2 aliphatic carbocycles. The summed E-state index contributed by atoms with van der Waals surface area (Å²) in [5, 5.41) is 0. The molecule has 0 radical (unpaired) electrons. The normalized spacial score (nSPS) is 11.7. The van der Waals surface area contributed by atoms with Crippen molar-refractivity contribution < 1.29 is 0 Å². The lowest BCUT2D eigenvalue weighted by Crippen LogP contribution is -1.85. The first-order valence-electron chi connectivity index (χ1n) is 10.9. The molecule has 0 atom stereocenters. The minimum Gasteiger partial charge on any atom is -0.0808 e. The van der Waals surface area contributed by atoms with Crippen molar-refractivity contribution in [3.05, 3.63) is 84.0 Å². The summed E-state index contributed by atoms with van der Waals surface area (Å²) in [6.45, 7) is 19.5. The fourth-order valence-corrected chi connectivity index (χ4v) is 1.74. The SMILES string of the molecule is C.C.C1=CCC=C1.C1=CCC=C1.CC(C)C.CC(C)C.Cc1ccc(C(C)C)cc1. The lowest BCUT2D eigenvalue weighted by molar-refractivity contribution is 0.736. The van der Waals surface area contributed by atoms with Gasteiger partial charge in [-0.2, -0.15) is 0 Å². The number of benzene rings is 1. The van der Waals surface area contributed by atoms with E-state index < -0.39 is 0 Å². The molecule has 0 spiro atoms. The van der Waals surface area contributed by atoms with Crippen LogP contribution in [0.2, 0.25) is 0 Å². The van der Waals surface area contributed by atoms with E-state index in [4.69, 9.17) is 0 Å². The van der Waals surface area contributed by atoms with Gasteiger partial charge in [-0.25, -0.2) is 0 Å². The van der Waals surface area contributed by atoms with Crippen LogP contribution in [0.5, 0.6) is 0 Å². The van der Waals surface area contributed by atoms with Crippen LogP contribution < -0.4 is 0 Å². The predicted molar refractivity (Wildman–Crippen MR) is 146 cm³/mol. The van der Waals surface area contributed by atoms with E-state index in [1.165, 1.54) is 11.1 Å². The molecule has 0 saturated heterocycles. The average Bonchev–Trinajstić information content (AvgIpc) is 3.33. The highest BCUT2D eigenvalue weighted by atomic mass is 14.0. The van der Waals surface area contributed by atoms with Crippen molar-refractivity contribution in [1.29, 1.82) is 0 Å². The first kappa shape index (κ1) is 35.6. The highest BCUT2D eigenvalue weighted by Gasteiger charge is 1.95. The molecular weight excluding hydrogens is 360 g/mol. The summed E-state index contributed by atoms with van der Waals surface area (Å²) in [5.41, 5.74) is 2.76. The largest absolute Gasteiger partial charge is 0.0808 e. The monoisotopic (exact) mass is 414 g/mol. The van der Waals surface area contributed by atoms with Crippen molar-refractivity contribution in [3.8, 4) is 0 Å². The molecule has 0 unspecified atom stereocenters. The van der Waals surface area contributed by atoms with Crippen molar-refractivity contribution in [1.82, 2.24) is 0 Å². The molecule has 3 rings (SSSR count). The minimum atomic E-state index is 0. The maximum atomic E-state index is 2.21. The Labute approximate surface area is 191 Å². The van der Waals surface area contributed by atoms with Gasteiger partial charge in [0, 0.05) is 0 Å². The van der Waals surface area contributed by atoms with E-state index in [-0.39, 0.29) is 14.9 Å². The highest BCUT2D eigenvalue weighted by molar-refractivity contribution is 5.23. The third kappa shape index (κ3) is 33.7. The number of hydrogen-bond acceptors (Lipinski definition) is 0. The molecule has 0 amide bonds. The van der Waals surface area contributed by atoms with Gasteiger partial charge < -0.3 is 0 Å². The molecule has 0 nitrogen and oxygen atoms in total. The van der Waals surface area contributed by atoms with Crippen molar-refractivity contribution >= 4 is 0 Å². The van der Waals surface area contributed by atoms with Gasteiger partial charge in [-0.05, 0) is 43.1 Å². The second kappa shape index (κ2) is 25.2. The number of aryl methyl sites for hydroxylation is 1. The Hall–Kier alpha value is -1.82. The van der Waals surface area contributed by atoms with Crippen LogP contribution in [0.25, 0.3) is 0 Å². The summed E-state index contributed by atoms with van der Waals surface area (Å²) in [6, 6.07) is 8.71. The number of allylic oxidation sites excluding steroid dienone is 8. The van der Waals surface area contributed by atoms with Gasteiger partial charge in [-0.1, -0.05) is 149 Å². The van der Waals surface area contributed by atoms with Crippen LogP contribution in [-0.4, -0.2) is 0 Å². The molecular formula is C30H54. The Morgan fingerprint density at radius 1 is 0.533 bits per heavy atom. The molecule has 0 N–H and O–H groups in total. The average molecular weight is 415 g/mol. The molecule has 30 heavy (non-hydrogen) atoms. The summed E-state index contributed by atoms with van der Waals surface area (Å²) in [4.78, 5) is 0. The van der Waals surface area contributed by atoms with Gasteiger partial charge >= 0.3 is 0 Å². The van der Waals surface area contributed by atoms with E-state index in [0.717, 1.165) is 24.7 Å². The van der Waals surface area contributed by atoms with Gasteiger partial charge in [0.25, 0.3) is 0 Å². The molecule has 0 aromatic heterocycles. The molecule has 0 aliphatic heterocycles. The smallest absolute Gasteiger partial charge is 0.0163 e. The second-order valence-corrected chi connectivity index (χ2v) is 8.71. The van der Waals surface area contributed by atoms with E-state index in [2.05, 4.69) is 135 Å². The molecule has 0 fully saturated rings. The molecule has 2 aliphatic rings. The Morgan fingerprint density at radius 2 is 0.800 bits per heavy atom. The van der Waals surface area contributed by atoms with E-state index in [1.54, 1.807) is 0 Å². The van der Waals surface area contributed by atoms with Crippen molar-refractivity contribution in [3.63, 3.8) is 0 Å². The standard InChI is InChI=1S/C10H14.2C5H6.2C4H10.2CH4/c1-8(2)10-6-4-9(3)5-7-10;2*1-2-4-5-3-1;2*1-4(2)3;;/h4-8H,1-3H3;2*1-4H,5H2;2*4H,1-3H3;2*1H4. The first-order valence-corrected chi connectivity index (χ1v) is 10.9. The Kier molecular flexibility index (Phi) is 29.9. The summed E-state index contributed by atoms with van der Waals surface area (Å²) in [6.07, 6.45) is 19.0. The number of rotatable bonds is 1. The van der Waals surface area contributed by atoms with Gasteiger partial charge in [0.15, 0.2) is 0 Å². The Morgan fingerprint density at radius 3 is 0.967 bits per heavy atom. The van der Waals surface area contributed by atoms with Crippen LogP contribution in [0.3, 0.4) is 0 Å². The van der Waals surface area contributed by atoms with Gasteiger partial charge in [-0.15, -0.1) is 0 Å². The number of hydrogen-bond donors (Lipinski definition) is 0. The summed E-state index contributed by atoms with van der Waals surface area (Å²) >= 11 is 0. The van der Waals surface area contributed by atoms with E-state index >= 15 is 0 Å². The predicted octanol–water partition coefficient (Wildman–Crippen LogP) is 10.7. The maximum absolute atomic E-state index is 2.21. The van der Waals surface area contributed by atoms with Crippen LogP contribution in [0.15, 0.2) is 72.9 Å². The molecule has 1 aromatic carbocycles. The van der Waals surface area contributed by atoms with Gasteiger partial charge in [0.05, 0.1) is 0 Å². The highest BCUT2D eigenvalue weighted by Crippen LogP contribution is 2.13. The zero-order valence-electron chi connectivity index (χ0n) is 20.1. The zero-order chi connectivity index (χ0) is 21.8. The van der Waals surface area contributed by atoms with Gasteiger partial charge in [-0.3, -0.25) is 0 Å². The van der Waals surface area contributed by atoms with E-state index in [9.17, 15) is 0 Å². The zero-order valence-corrected chi connectivity index (χ0v) is 20.1. The van der Waals surface area contributed by atoms with Crippen LogP contribution in [-0.2, 0) is 0 Å². The van der Waals surface area contributed by atoms with Gasteiger partial charge in [0.1, 0.15) is 0 Å². The third-order valence-corrected chi connectivity index (χ3v) is 3.05. The van der Waals surface area contributed by atoms with Crippen molar-refractivity contribution in [2.24, 2.45) is 11.8 Å². The van der Waals surface area contributed by atoms with E-state index in [1.807, 2.05) is 0 Å².